The standard InChI is InChI=1S/C24H21ClN2O3/c1-30-21-9-7-18(8-10-21)24(29)27-12-11-17-6-5-16(13-22(17)27)15-26-23(28)19-3-2-4-20(25)14-19/h2-10,13-14H,11-12,15H2,1H3,(H,26,28). The lowest BCUT2D eigenvalue weighted by Gasteiger charge is -2.18. The summed E-state index contributed by atoms with van der Waals surface area (Å²) in [6.07, 6.45) is 0.812. The third-order valence-corrected chi connectivity index (χ3v) is 5.40. The zero-order chi connectivity index (χ0) is 21.1. The summed E-state index contributed by atoms with van der Waals surface area (Å²) >= 11 is 5.96. The summed E-state index contributed by atoms with van der Waals surface area (Å²) in [6.45, 7) is 1.00. The summed E-state index contributed by atoms with van der Waals surface area (Å²) in [5.74, 6) is 0.479. The highest BCUT2D eigenvalue weighted by Crippen LogP contribution is 2.30. The topological polar surface area (TPSA) is 58.6 Å². The average Bonchev–Trinajstić information content (AvgIpc) is 3.20. The third-order valence-electron chi connectivity index (χ3n) is 5.17. The van der Waals surface area contributed by atoms with Gasteiger partial charge in [-0.2, -0.15) is 0 Å². The summed E-state index contributed by atoms with van der Waals surface area (Å²) in [7, 11) is 1.60. The van der Waals surface area contributed by atoms with Crippen LogP contribution in [0.5, 0.6) is 5.75 Å². The van der Waals surface area contributed by atoms with Crippen LogP contribution in [0.1, 0.15) is 31.8 Å². The molecule has 0 bridgehead atoms. The van der Waals surface area contributed by atoms with Gasteiger partial charge in [-0.1, -0.05) is 29.8 Å². The lowest BCUT2D eigenvalue weighted by molar-refractivity contribution is 0.0949. The Morgan fingerprint density at radius 3 is 2.57 bits per heavy atom. The van der Waals surface area contributed by atoms with Gasteiger partial charge in [0.05, 0.1) is 7.11 Å². The normalized spacial score (nSPS) is 12.4. The number of methoxy groups -OCH3 is 1. The Morgan fingerprint density at radius 1 is 1.03 bits per heavy atom. The lowest BCUT2D eigenvalue weighted by Crippen LogP contribution is -2.29. The Balaban J connectivity index is 1.48. The zero-order valence-electron chi connectivity index (χ0n) is 16.5. The van der Waals surface area contributed by atoms with Crippen LogP contribution in [-0.2, 0) is 13.0 Å². The van der Waals surface area contributed by atoms with Crippen molar-refractivity contribution in [3.8, 4) is 5.75 Å². The van der Waals surface area contributed by atoms with E-state index >= 15 is 0 Å². The molecule has 1 heterocycles. The van der Waals surface area contributed by atoms with Crippen LogP contribution >= 0.6 is 11.6 Å². The predicted octanol–water partition coefficient (Wildman–Crippen LogP) is 4.48. The monoisotopic (exact) mass is 420 g/mol. The van der Waals surface area contributed by atoms with Gasteiger partial charge < -0.3 is 15.0 Å². The number of nitrogens with one attached hydrogen (secondary N) is 1. The maximum absolute atomic E-state index is 13.0. The number of hydrogen-bond donors (Lipinski definition) is 1. The van der Waals surface area contributed by atoms with Gasteiger partial charge >= 0.3 is 0 Å². The van der Waals surface area contributed by atoms with Crippen LogP contribution in [-0.4, -0.2) is 25.5 Å². The minimum atomic E-state index is -0.191. The molecule has 4 rings (SSSR count). The third kappa shape index (κ3) is 4.16. The van der Waals surface area contributed by atoms with Crippen LogP contribution in [0.25, 0.3) is 0 Å². The molecule has 3 aromatic carbocycles. The summed E-state index contributed by atoms with van der Waals surface area (Å²) < 4.78 is 5.16. The van der Waals surface area contributed by atoms with E-state index in [1.54, 1.807) is 60.5 Å². The Morgan fingerprint density at radius 2 is 1.83 bits per heavy atom. The fourth-order valence-electron chi connectivity index (χ4n) is 3.55. The SMILES string of the molecule is COc1ccc(C(=O)N2CCc3ccc(CNC(=O)c4cccc(Cl)c4)cc32)cc1. The van der Waals surface area contributed by atoms with Crippen LogP contribution < -0.4 is 15.0 Å². The van der Waals surface area contributed by atoms with E-state index in [1.807, 2.05) is 18.2 Å². The van der Waals surface area contributed by atoms with E-state index in [2.05, 4.69) is 5.32 Å². The fraction of sp³-hybridized carbons (Fsp3) is 0.167. The van der Waals surface area contributed by atoms with Crippen molar-refractivity contribution in [1.29, 1.82) is 0 Å². The maximum Gasteiger partial charge on any atom is 0.258 e. The van der Waals surface area contributed by atoms with E-state index in [1.165, 1.54) is 0 Å². The number of benzene rings is 3. The predicted molar refractivity (Wildman–Crippen MR) is 117 cm³/mol. The number of rotatable bonds is 5. The highest BCUT2D eigenvalue weighted by atomic mass is 35.5. The van der Waals surface area contributed by atoms with Gasteiger partial charge in [0.25, 0.3) is 11.8 Å². The molecule has 152 valence electrons. The Hall–Kier alpha value is -3.31. The maximum atomic E-state index is 13.0. The number of fused-ring (bicyclic) bond motifs is 1. The second kappa shape index (κ2) is 8.59. The van der Waals surface area contributed by atoms with Crippen molar-refractivity contribution in [2.24, 2.45) is 0 Å². The molecule has 0 atom stereocenters. The molecule has 0 fully saturated rings. The van der Waals surface area contributed by atoms with Crippen molar-refractivity contribution < 1.29 is 14.3 Å². The molecule has 0 saturated heterocycles. The minimum Gasteiger partial charge on any atom is -0.497 e. The summed E-state index contributed by atoms with van der Waals surface area (Å²) in [5.41, 5.74) is 4.08. The molecule has 0 saturated carbocycles. The van der Waals surface area contributed by atoms with Gasteiger partial charge in [-0.05, 0) is 66.1 Å². The van der Waals surface area contributed by atoms with Gasteiger partial charge in [0.1, 0.15) is 5.75 Å². The number of ether oxygens (including phenoxy) is 1. The summed E-state index contributed by atoms with van der Waals surface area (Å²) in [5, 5.41) is 3.43. The molecule has 6 heteroatoms. The van der Waals surface area contributed by atoms with Gasteiger partial charge in [0.15, 0.2) is 0 Å². The Kier molecular flexibility index (Phi) is 5.72. The van der Waals surface area contributed by atoms with E-state index in [0.717, 1.165) is 23.2 Å². The first-order valence-corrected chi connectivity index (χ1v) is 10.0. The van der Waals surface area contributed by atoms with Crippen LogP contribution in [0, 0.1) is 0 Å². The van der Waals surface area contributed by atoms with Crippen molar-refractivity contribution in [1.82, 2.24) is 5.32 Å². The van der Waals surface area contributed by atoms with Gasteiger partial charge in [-0.25, -0.2) is 0 Å². The van der Waals surface area contributed by atoms with Crippen LogP contribution in [0.4, 0.5) is 5.69 Å². The van der Waals surface area contributed by atoms with Gasteiger partial charge in [0.2, 0.25) is 0 Å². The van der Waals surface area contributed by atoms with E-state index in [4.69, 9.17) is 16.3 Å². The van der Waals surface area contributed by atoms with Crippen LogP contribution in [0.2, 0.25) is 5.02 Å². The van der Waals surface area contributed by atoms with E-state index in [9.17, 15) is 9.59 Å². The van der Waals surface area contributed by atoms with Gasteiger partial charge in [0, 0.05) is 34.9 Å². The average molecular weight is 421 g/mol. The molecule has 0 radical (unpaired) electrons. The molecule has 0 aromatic heterocycles. The van der Waals surface area contributed by atoms with E-state index in [0.29, 0.717) is 35.0 Å². The molecule has 3 aromatic rings. The van der Waals surface area contributed by atoms with Crippen molar-refractivity contribution >= 4 is 29.1 Å². The molecule has 1 aliphatic heterocycles. The van der Waals surface area contributed by atoms with Crippen molar-refractivity contribution in [2.45, 2.75) is 13.0 Å². The molecule has 0 unspecified atom stereocenters. The summed E-state index contributed by atoms with van der Waals surface area (Å²) in [4.78, 5) is 27.2. The van der Waals surface area contributed by atoms with Crippen LogP contribution in [0.3, 0.4) is 0 Å². The Labute approximate surface area is 180 Å². The number of nitrogens with zero attached hydrogens (tertiary/aromatic N) is 1. The smallest absolute Gasteiger partial charge is 0.258 e. The molecule has 1 N–H and O–H groups in total. The molecular weight excluding hydrogens is 400 g/mol. The van der Waals surface area contributed by atoms with Crippen molar-refractivity contribution in [3.63, 3.8) is 0 Å². The van der Waals surface area contributed by atoms with Crippen molar-refractivity contribution in [3.05, 3.63) is 94.0 Å². The number of anilines is 1. The van der Waals surface area contributed by atoms with Crippen molar-refractivity contribution in [2.75, 3.05) is 18.6 Å². The first-order valence-electron chi connectivity index (χ1n) is 9.66. The molecule has 0 aliphatic carbocycles. The number of carbonyl (C=O) groups is 2. The van der Waals surface area contributed by atoms with Crippen LogP contribution in [0.15, 0.2) is 66.7 Å². The lowest BCUT2D eigenvalue weighted by atomic mass is 10.1. The molecule has 2 amide bonds. The van der Waals surface area contributed by atoms with Gasteiger partial charge in [-0.3, -0.25) is 9.59 Å². The first kappa shape index (κ1) is 20.0. The zero-order valence-corrected chi connectivity index (χ0v) is 17.3. The minimum absolute atomic E-state index is 0.0449. The quantitative estimate of drug-likeness (QED) is 0.662. The molecule has 1 aliphatic rings. The number of carbonyl (C=O) groups excluding carboxylic acids is 2. The highest BCUT2D eigenvalue weighted by Gasteiger charge is 2.26. The highest BCUT2D eigenvalue weighted by molar-refractivity contribution is 6.30. The number of halogens is 1. The molecule has 0 spiro atoms. The first-order chi connectivity index (χ1) is 14.5. The molecule has 5 nitrogen and oxygen atoms in total. The largest absolute Gasteiger partial charge is 0.497 e. The second-order valence-electron chi connectivity index (χ2n) is 7.09. The van der Waals surface area contributed by atoms with E-state index in [-0.39, 0.29) is 11.8 Å². The van der Waals surface area contributed by atoms with Gasteiger partial charge in [-0.15, -0.1) is 0 Å². The van der Waals surface area contributed by atoms with E-state index < -0.39 is 0 Å². The Bertz CT molecular complexity index is 1100. The second-order valence-corrected chi connectivity index (χ2v) is 7.53. The number of amides is 2. The molecular formula is C24H21ClN2O3. The molecule has 30 heavy (non-hydrogen) atoms. The number of hydrogen-bond acceptors (Lipinski definition) is 3. The fourth-order valence-corrected chi connectivity index (χ4v) is 3.74. The summed E-state index contributed by atoms with van der Waals surface area (Å²) in [6, 6.07) is 19.9.